The summed E-state index contributed by atoms with van der Waals surface area (Å²) in [6.07, 6.45) is 5.12. The molecule has 5 rings (SSSR count). The lowest BCUT2D eigenvalue weighted by molar-refractivity contribution is 0.219. The minimum absolute atomic E-state index is 0.999. The second-order valence-electron chi connectivity index (χ2n) is 13.3. The zero-order chi connectivity index (χ0) is 33.2. The van der Waals surface area contributed by atoms with Crippen LogP contribution >= 0.6 is 23.5 Å². The number of benzene rings is 4. The second-order valence-corrected chi connectivity index (χ2v) is 15.7. The number of thioether (sulfide) groups is 2. The van der Waals surface area contributed by atoms with Crippen LogP contribution in [0, 0.1) is 0 Å². The Bertz CT molecular complexity index is 1430. The summed E-state index contributed by atoms with van der Waals surface area (Å²) in [7, 11) is 4.34. The van der Waals surface area contributed by atoms with Gasteiger partial charge in [-0.1, -0.05) is 84.9 Å². The fraction of sp³-hybridized carbons (Fsp3) is 0.429. The maximum Gasteiger partial charge on any atom is 0.0234 e. The molecule has 0 radical (unpaired) electrons. The molecule has 0 saturated carbocycles. The van der Waals surface area contributed by atoms with E-state index in [0.29, 0.717) is 0 Å². The highest BCUT2D eigenvalue weighted by atomic mass is 32.2. The molecule has 4 aromatic carbocycles. The molecule has 1 heterocycles. The molecule has 0 aliphatic carbocycles. The molecule has 48 heavy (non-hydrogen) atoms. The van der Waals surface area contributed by atoms with Crippen LogP contribution in [-0.2, 0) is 13.1 Å². The number of rotatable bonds is 21. The Hall–Kier alpha value is -2.58. The Morgan fingerprint density at radius 2 is 1.12 bits per heavy atom. The molecule has 1 saturated heterocycles. The first kappa shape index (κ1) is 36.7. The third-order valence-electron chi connectivity index (χ3n) is 9.09. The van der Waals surface area contributed by atoms with Gasteiger partial charge in [0.15, 0.2) is 0 Å². The van der Waals surface area contributed by atoms with Crippen LogP contribution in [-0.4, -0.2) is 97.6 Å². The van der Waals surface area contributed by atoms with Crippen molar-refractivity contribution in [3.8, 4) is 11.1 Å². The van der Waals surface area contributed by atoms with Gasteiger partial charge in [0.25, 0.3) is 0 Å². The standard InChI is InChI=1S/C42H56N4S2/c1-43(2)28-29-45(26-12-32-47-41-17-7-4-8-18-41)36-38-20-22-39(23-21-38)40-16-11-19-42(34-40)48-33-13-27-46(31-30-44-24-9-10-25-44)35-37-14-5-3-6-15-37/h3-8,11,14-23,34H,9-10,12-13,24-33,35-36H2,1-2H3. The Labute approximate surface area is 299 Å². The molecule has 4 aromatic rings. The summed E-state index contributed by atoms with van der Waals surface area (Å²) >= 11 is 3.96. The van der Waals surface area contributed by atoms with Gasteiger partial charge in [-0.05, 0) is 124 Å². The largest absolute Gasteiger partial charge is 0.308 e. The van der Waals surface area contributed by atoms with Crippen LogP contribution in [0.2, 0.25) is 0 Å². The molecule has 1 aliphatic heterocycles. The first-order valence-electron chi connectivity index (χ1n) is 18.0. The van der Waals surface area contributed by atoms with Crippen molar-refractivity contribution in [1.29, 1.82) is 0 Å². The van der Waals surface area contributed by atoms with Gasteiger partial charge in [0.05, 0.1) is 0 Å². The third-order valence-corrected chi connectivity index (χ3v) is 11.3. The molecule has 0 amide bonds. The first-order valence-corrected chi connectivity index (χ1v) is 19.9. The molecule has 0 atom stereocenters. The molecule has 0 spiro atoms. The van der Waals surface area contributed by atoms with E-state index in [-0.39, 0.29) is 0 Å². The summed E-state index contributed by atoms with van der Waals surface area (Å²) in [4.78, 5) is 12.9. The van der Waals surface area contributed by atoms with Gasteiger partial charge in [0.2, 0.25) is 0 Å². The van der Waals surface area contributed by atoms with Crippen LogP contribution in [0.5, 0.6) is 0 Å². The predicted molar refractivity (Wildman–Crippen MR) is 210 cm³/mol. The van der Waals surface area contributed by atoms with E-state index in [1.807, 2.05) is 23.5 Å². The van der Waals surface area contributed by atoms with E-state index in [1.165, 1.54) is 77.4 Å². The smallest absolute Gasteiger partial charge is 0.0234 e. The highest BCUT2D eigenvalue weighted by Crippen LogP contribution is 2.27. The van der Waals surface area contributed by atoms with E-state index in [0.717, 1.165) is 57.3 Å². The molecular formula is C42H56N4S2. The molecule has 0 unspecified atom stereocenters. The van der Waals surface area contributed by atoms with Gasteiger partial charge >= 0.3 is 0 Å². The van der Waals surface area contributed by atoms with Crippen LogP contribution in [0.4, 0.5) is 0 Å². The molecule has 0 N–H and O–H groups in total. The third kappa shape index (κ3) is 13.4. The number of likely N-dealkylation sites (N-methyl/N-ethyl adjacent to an activating group) is 1. The Morgan fingerprint density at radius 3 is 1.79 bits per heavy atom. The first-order chi connectivity index (χ1) is 23.6. The summed E-state index contributed by atoms with van der Waals surface area (Å²) in [5.41, 5.74) is 5.43. The van der Waals surface area contributed by atoms with E-state index < -0.39 is 0 Å². The summed E-state index contributed by atoms with van der Waals surface area (Å²) in [5, 5.41) is 0. The minimum atomic E-state index is 0.999. The van der Waals surface area contributed by atoms with Gasteiger partial charge in [-0.25, -0.2) is 0 Å². The van der Waals surface area contributed by atoms with Crippen molar-refractivity contribution in [2.45, 2.75) is 48.6 Å². The van der Waals surface area contributed by atoms with E-state index in [1.54, 1.807) is 0 Å². The Morgan fingerprint density at radius 1 is 0.542 bits per heavy atom. The minimum Gasteiger partial charge on any atom is -0.308 e. The van der Waals surface area contributed by atoms with Crippen molar-refractivity contribution < 1.29 is 0 Å². The summed E-state index contributed by atoms with van der Waals surface area (Å²) < 4.78 is 0. The van der Waals surface area contributed by atoms with Crippen LogP contribution in [0.15, 0.2) is 119 Å². The van der Waals surface area contributed by atoms with Gasteiger partial charge in [0.1, 0.15) is 0 Å². The van der Waals surface area contributed by atoms with E-state index in [9.17, 15) is 0 Å². The highest BCUT2D eigenvalue weighted by molar-refractivity contribution is 7.99. The van der Waals surface area contributed by atoms with Gasteiger partial charge < -0.3 is 9.80 Å². The number of likely N-dealkylation sites (tertiary alicyclic amines) is 1. The van der Waals surface area contributed by atoms with Crippen molar-refractivity contribution in [3.63, 3.8) is 0 Å². The molecule has 0 aromatic heterocycles. The van der Waals surface area contributed by atoms with Crippen molar-refractivity contribution in [2.24, 2.45) is 0 Å². The number of hydrogen-bond acceptors (Lipinski definition) is 6. The monoisotopic (exact) mass is 680 g/mol. The SMILES string of the molecule is CN(C)CCN(CCCSc1ccccc1)Cc1ccc(-c2cccc(SCCCN(CCN3CCCC3)Cc3ccccc3)c2)cc1. The molecule has 256 valence electrons. The maximum atomic E-state index is 2.66. The van der Waals surface area contributed by atoms with Crippen LogP contribution in [0.3, 0.4) is 0 Å². The van der Waals surface area contributed by atoms with Crippen molar-refractivity contribution in [3.05, 3.63) is 120 Å². The van der Waals surface area contributed by atoms with Crippen molar-refractivity contribution in [2.75, 3.05) is 78.0 Å². The quantitative estimate of drug-likeness (QED) is 0.0639. The van der Waals surface area contributed by atoms with Gasteiger partial charge in [-0.2, -0.15) is 0 Å². The normalized spacial score (nSPS) is 13.7. The lowest BCUT2D eigenvalue weighted by atomic mass is 10.0. The van der Waals surface area contributed by atoms with E-state index in [2.05, 4.69) is 143 Å². The van der Waals surface area contributed by atoms with Crippen molar-refractivity contribution in [1.82, 2.24) is 19.6 Å². The van der Waals surface area contributed by atoms with Gasteiger partial charge in [-0.3, -0.25) is 9.80 Å². The fourth-order valence-corrected chi connectivity index (χ4v) is 8.06. The fourth-order valence-electron chi connectivity index (χ4n) is 6.31. The molecule has 1 fully saturated rings. The number of hydrogen-bond donors (Lipinski definition) is 0. The molecule has 1 aliphatic rings. The molecule has 4 nitrogen and oxygen atoms in total. The summed E-state index contributed by atoms with van der Waals surface area (Å²) in [5.74, 6) is 2.30. The average molecular weight is 681 g/mol. The van der Waals surface area contributed by atoms with Crippen LogP contribution < -0.4 is 0 Å². The lowest BCUT2D eigenvalue weighted by Gasteiger charge is -2.25. The maximum absolute atomic E-state index is 2.66. The predicted octanol–water partition coefficient (Wildman–Crippen LogP) is 8.98. The van der Waals surface area contributed by atoms with E-state index in [4.69, 9.17) is 0 Å². The Balaban J connectivity index is 1.09. The van der Waals surface area contributed by atoms with Crippen LogP contribution in [0.25, 0.3) is 11.1 Å². The molecule has 6 heteroatoms. The summed E-state index contributed by atoms with van der Waals surface area (Å²) in [6, 6.07) is 40.2. The highest BCUT2D eigenvalue weighted by Gasteiger charge is 2.14. The second kappa shape index (κ2) is 20.8. The van der Waals surface area contributed by atoms with Gasteiger partial charge in [-0.15, -0.1) is 23.5 Å². The van der Waals surface area contributed by atoms with Crippen molar-refractivity contribution >= 4 is 23.5 Å². The molecular weight excluding hydrogens is 625 g/mol. The summed E-state index contributed by atoms with van der Waals surface area (Å²) in [6.45, 7) is 11.4. The molecule has 0 bridgehead atoms. The Kier molecular flexibility index (Phi) is 15.9. The average Bonchev–Trinajstić information content (AvgIpc) is 3.65. The van der Waals surface area contributed by atoms with Gasteiger partial charge in [0, 0.05) is 49.1 Å². The van der Waals surface area contributed by atoms with Crippen LogP contribution in [0.1, 0.15) is 36.8 Å². The lowest BCUT2D eigenvalue weighted by Crippen LogP contribution is -2.34. The number of nitrogens with zero attached hydrogens (tertiary/aromatic N) is 4. The topological polar surface area (TPSA) is 13.0 Å². The zero-order valence-corrected chi connectivity index (χ0v) is 30.9. The van der Waals surface area contributed by atoms with E-state index >= 15 is 0 Å². The zero-order valence-electron chi connectivity index (χ0n) is 29.3.